The van der Waals surface area contributed by atoms with Gasteiger partial charge in [-0.3, -0.25) is 5.10 Å². The molecule has 0 spiro atoms. The Bertz CT molecular complexity index is 688. The van der Waals surface area contributed by atoms with Crippen molar-refractivity contribution in [2.75, 3.05) is 6.61 Å². The van der Waals surface area contributed by atoms with Gasteiger partial charge in [0.1, 0.15) is 5.75 Å². The second-order valence-electron chi connectivity index (χ2n) is 4.65. The lowest BCUT2D eigenvalue weighted by molar-refractivity contribution is 0.321. The van der Waals surface area contributed by atoms with E-state index in [1.165, 1.54) is 10.8 Å². The van der Waals surface area contributed by atoms with Gasteiger partial charge in [0.25, 0.3) is 0 Å². The van der Waals surface area contributed by atoms with Crippen molar-refractivity contribution in [2.24, 2.45) is 0 Å². The third-order valence-electron chi connectivity index (χ3n) is 3.11. The summed E-state index contributed by atoms with van der Waals surface area (Å²) in [6.45, 7) is 2.64. The van der Waals surface area contributed by atoms with E-state index in [1.807, 2.05) is 31.2 Å². The minimum absolute atomic E-state index is 0.642. The molecule has 0 atom stereocenters. The van der Waals surface area contributed by atoms with E-state index in [-0.39, 0.29) is 0 Å². The van der Waals surface area contributed by atoms with Crippen LogP contribution in [-0.4, -0.2) is 16.8 Å². The summed E-state index contributed by atoms with van der Waals surface area (Å²) >= 11 is 0. The van der Waals surface area contributed by atoms with Crippen LogP contribution in [0.15, 0.2) is 48.5 Å². The monoisotopic (exact) mass is 252 g/mol. The third-order valence-corrected chi connectivity index (χ3v) is 3.11. The van der Waals surface area contributed by atoms with Gasteiger partial charge in [0, 0.05) is 12.1 Å². The standard InChI is InChI=1S/C16H16N2O/c1-12-10-15(18-17-12)8-9-19-16-7-6-13-4-2-3-5-14(13)11-16/h2-7,10-11H,8-9H2,1H3,(H,17,18). The number of H-pyrrole nitrogens is 1. The largest absolute Gasteiger partial charge is 0.493 e. The van der Waals surface area contributed by atoms with Crippen molar-refractivity contribution >= 4 is 10.8 Å². The molecule has 3 heteroatoms. The predicted octanol–water partition coefficient (Wildman–Crippen LogP) is 3.49. The lowest BCUT2D eigenvalue weighted by atomic mass is 10.1. The minimum Gasteiger partial charge on any atom is -0.493 e. The SMILES string of the molecule is Cc1cc(CCOc2ccc3ccccc3c2)n[nH]1. The second-order valence-corrected chi connectivity index (χ2v) is 4.65. The fourth-order valence-corrected chi connectivity index (χ4v) is 2.13. The van der Waals surface area contributed by atoms with Crippen LogP contribution < -0.4 is 4.74 Å². The van der Waals surface area contributed by atoms with E-state index in [0.29, 0.717) is 6.61 Å². The van der Waals surface area contributed by atoms with Crippen LogP contribution in [0.2, 0.25) is 0 Å². The van der Waals surface area contributed by atoms with Gasteiger partial charge in [-0.1, -0.05) is 30.3 Å². The summed E-state index contributed by atoms with van der Waals surface area (Å²) in [5.74, 6) is 0.908. The number of fused-ring (bicyclic) bond motifs is 1. The van der Waals surface area contributed by atoms with Crippen LogP contribution in [-0.2, 0) is 6.42 Å². The lowest BCUT2D eigenvalue weighted by Crippen LogP contribution is -2.01. The van der Waals surface area contributed by atoms with Gasteiger partial charge < -0.3 is 4.74 Å². The summed E-state index contributed by atoms with van der Waals surface area (Å²) in [4.78, 5) is 0. The average molecular weight is 252 g/mol. The highest BCUT2D eigenvalue weighted by molar-refractivity contribution is 5.83. The molecule has 1 aromatic heterocycles. The normalized spacial score (nSPS) is 10.8. The van der Waals surface area contributed by atoms with E-state index >= 15 is 0 Å². The molecule has 1 heterocycles. The quantitative estimate of drug-likeness (QED) is 0.771. The van der Waals surface area contributed by atoms with E-state index in [9.17, 15) is 0 Å². The van der Waals surface area contributed by atoms with Gasteiger partial charge in [0.2, 0.25) is 0 Å². The molecule has 0 aliphatic carbocycles. The zero-order chi connectivity index (χ0) is 13.1. The molecule has 96 valence electrons. The first kappa shape index (κ1) is 11.8. The van der Waals surface area contributed by atoms with Crippen molar-refractivity contribution in [1.29, 1.82) is 0 Å². The maximum absolute atomic E-state index is 5.77. The average Bonchev–Trinajstić information content (AvgIpc) is 2.84. The second kappa shape index (κ2) is 5.14. The van der Waals surface area contributed by atoms with Crippen LogP contribution in [0.25, 0.3) is 10.8 Å². The van der Waals surface area contributed by atoms with Gasteiger partial charge in [0.05, 0.1) is 12.3 Å². The molecule has 0 aliphatic rings. The summed E-state index contributed by atoms with van der Waals surface area (Å²) < 4.78 is 5.77. The number of ether oxygens (including phenoxy) is 1. The molecule has 3 rings (SSSR count). The van der Waals surface area contributed by atoms with Crippen molar-refractivity contribution < 1.29 is 4.74 Å². The first-order chi connectivity index (χ1) is 9.31. The zero-order valence-corrected chi connectivity index (χ0v) is 10.9. The van der Waals surface area contributed by atoms with Gasteiger partial charge in [0.15, 0.2) is 0 Å². The molecule has 3 aromatic rings. The highest BCUT2D eigenvalue weighted by Gasteiger charge is 2.00. The summed E-state index contributed by atoms with van der Waals surface area (Å²) in [6, 6.07) is 16.5. The molecule has 19 heavy (non-hydrogen) atoms. The number of benzene rings is 2. The Labute approximate surface area is 112 Å². The van der Waals surface area contributed by atoms with Crippen molar-refractivity contribution in [2.45, 2.75) is 13.3 Å². The summed E-state index contributed by atoms with van der Waals surface area (Å²) in [5.41, 5.74) is 2.12. The highest BCUT2D eigenvalue weighted by Crippen LogP contribution is 2.20. The predicted molar refractivity (Wildman–Crippen MR) is 76.5 cm³/mol. The van der Waals surface area contributed by atoms with E-state index < -0.39 is 0 Å². The molecular weight excluding hydrogens is 236 g/mol. The summed E-state index contributed by atoms with van der Waals surface area (Å²) in [6.07, 6.45) is 0.817. The van der Waals surface area contributed by atoms with E-state index in [0.717, 1.165) is 23.6 Å². The molecule has 1 N–H and O–H groups in total. The molecule has 2 aromatic carbocycles. The maximum atomic E-state index is 5.77. The minimum atomic E-state index is 0.642. The molecule has 0 bridgehead atoms. The smallest absolute Gasteiger partial charge is 0.119 e. The molecule has 0 fully saturated rings. The number of nitrogens with zero attached hydrogens (tertiary/aromatic N) is 1. The van der Waals surface area contributed by atoms with Crippen LogP contribution >= 0.6 is 0 Å². The molecule has 0 radical (unpaired) electrons. The summed E-state index contributed by atoms with van der Waals surface area (Å²) in [7, 11) is 0. The van der Waals surface area contributed by atoms with Gasteiger partial charge in [-0.15, -0.1) is 0 Å². The van der Waals surface area contributed by atoms with Crippen molar-refractivity contribution in [3.05, 3.63) is 59.9 Å². The van der Waals surface area contributed by atoms with Gasteiger partial charge >= 0.3 is 0 Å². The summed E-state index contributed by atoms with van der Waals surface area (Å²) in [5, 5.41) is 9.57. The van der Waals surface area contributed by atoms with Crippen LogP contribution in [0.4, 0.5) is 0 Å². The van der Waals surface area contributed by atoms with E-state index in [2.05, 4.69) is 34.5 Å². The molecule has 0 amide bonds. The number of aromatic amines is 1. The Hall–Kier alpha value is -2.29. The molecule has 0 unspecified atom stereocenters. The van der Waals surface area contributed by atoms with Crippen LogP contribution in [0, 0.1) is 6.92 Å². The van der Waals surface area contributed by atoms with Gasteiger partial charge in [-0.2, -0.15) is 5.10 Å². The lowest BCUT2D eigenvalue weighted by Gasteiger charge is -2.06. The third kappa shape index (κ3) is 2.76. The van der Waals surface area contributed by atoms with Crippen LogP contribution in [0.3, 0.4) is 0 Å². The van der Waals surface area contributed by atoms with Gasteiger partial charge in [-0.25, -0.2) is 0 Å². The molecule has 0 saturated carbocycles. The Morgan fingerprint density at radius 1 is 1.05 bits per heavy atom. The van der Waals surface area contributed by atoms with Crippen molar-refractivity contribution in [1.82, 2.24) is 10.2 Å². The van der Waals surface area contributed by atoms with Crippen LogP contribution in [0.1, 0.15) is 11.4 Å². The molecule has 0 saturated heterocycles. The number of rotatable bonds is 4. The van der Waals surface area contributed by atoms with Crippen molar-refractivity contribution in [3.8, 4) is 5.75 Å². The Morgan fingerprint density at radius 2 is 1.89 bits per heavy atom. The van der Waals surface area contributed by atoms with E-state index in [4.69, 9.17) is 4.74 Å². The molecular formula is C16H16N2O. The first-order valence-corrected chi connectivity index (χ1v) is 6.44. The highest BCUT2D eigenvalue weighted by atomic mass is 16.5. The van der Waals surface area contributed by atoms with Crippen molar-refractivity contribution in [3.63, 3.8) is 0 Å². The number of aryl methyl sites for hydroxylation is 1. The van der Waals surface area contributed by atoms with Gasteiger partial charge in [-0.05, 0) is 35.9 Å². The first-order valence-electron chi connectivity index (χ1n) is 6.44. The zero-order valence-electron chi connectivity index (χ0n) is 10.9. The van der Waals surface area contributed by atoms with E-state index in [1.54, 1.807) is 0 Å². The Kier molecular flexibility index (Phi) is 3.19. The number of hydrogen-bond acceptors (Lipinski definition) is 2. The number of nitrogens with one attached hydrogen (secondary N) is 1. The number of aromatic nitrogens is 2. The fraction of sp³-hybridized carbons (Fsp3) is 0.188. The number of hydrogen-bond donors (Lipinski definition) is 1. The fourth-order valence-electron chi connectivity index (χ4n) is 2.13. The molecule has 3 nitrogen and oxygen atoms in total. The Balaban J connectivity index is 1.65. The maximum Gasteiger partial charge on any atom is 0.119 e. The topological polar surface area (TPSA) is 37.9 Å². The molecule has 0 aliphatic heterocycles. The van der Waals surface area contributed by atoms with Crippen LogP contribution in [0.5, 0.6) is 5.75 Å². The Morgan fingerprint density at radius 3 is 2.68 bits per heavy atom.